The molecule has 1 amide bonds. The number of aliphatic hydroxyl groups excluding tert-OH is 1. The van der Waals surface area contributed by atoms with E-state index in [0.717, 1.165) is 32.7 Å². The van der Waals surface area contributed by atoms with Gasteiger partial charge in [0.15, 0.2) is 5.13 Å². The molecule has 214 valence electrons. The van der Waals surface area contributed by atoms with E-state index in [-0.39, 0.29) is 17.4 Å². The highest BCUT2D eigenvalue weighted by Gasteiger charge is 2.48. The number of aromatic nitrogens is 1. The van der Waals surface area contributed by atoms with Gasteiger partial charge in [-0.2, -0.15) is 0 Å². The van der Waals surface area contributed by atoms with E-state index in [2.05, 4.69) is 0 Å². The normalized spacial score (nSPS) is 19.1. The van der Waals surface area contributed by atoms with E-state index in [1.54, 1.807) is 12.1 Å². The highest BCUT2D eigenvalue weighted by molar-refractivity contribution is 7.22. The van der Waals surface area contributed by atoms with Crippen LogP contribution < -0.4 is 14.4 Å². The van der Waals surface area contributed by atoms with Crippen molar-refractivity contribution in [1.82, 2.24) is 4.98 Å². The largest absolute Gasteiger partial charge is 0.507 e. The Morgan fingerprint density at radius 3 is 2.70 bits per heavy atom. The van der Waals surface area contributed by atoms with Crippen LogP contribution in [0.15, 0.2) is 96.6 Å². The number of aryl methyl sites for hydroxylation is 1. The minimum absolute atomic E-state index is 0.00700. The molecule has 3 heterocycles. The Morgan fingerprint density at radius 2 is 1.86 bits per heavy atom. The van der Waals surface area contributed by atoms with E-state index >= 15 is 0 Å². The standard InChI is InChI=1S/C35H28N2O5S/c1-20-11-13-27-29(15-20)43-35(36-27)37-31(23-9-6-10-26(18-23)41-19-22-7-4-3-5-8-22)30(33(39)34(37)40)32(38)24-12-14-28-25(17-24)16-21(2)42-28/h3-15,17-18,21,31,38H,16,19H2,1-2H3/b32-30+/t21-,31-/m1/s1. The van der Waals surface area contributed by atoms with Crippen molar-refractivity contribution in [2.45, 2.75) is 39.0 Å². The summed E-state index contributed by atoms with van der Waals surface area (Å²) in [6.45, 7) is 4.34. The van der Waals surface area contributed by atoms with Gasteiger partial charge in [-0.3, -0.25) is 14.5 Å². The molecule has 1 N–H and O–H groups in total. The van der Waals surface area contributed by atoms with Crippen LogP contribution >= 0.6 is 11.3 Å². The number of carbonyl (C=O) groups is 2. The third-order valence-electron chi connectivity index (χ3n) is 7.77. The van der Waals surface area contributed by atoms with Gasteiger partial charge in [0.05, 0.1) is 21.8 Å². The van der Waals surface area contributed by atoms with Crippen LogP contribution in [0, 0.1) is 6.92 Å². The number of anilines is 1. The molecule has 4 aromatic carbocycles. The summed E-state index contributed by atoms with van der Waals surface area (Å²) >= 11 is 1.34. The highest BCUT2D eigenvalue weighted by atomic mass is 32.1. The van der Waals surface area contributed by atoms with Crippen LogP contribution in [0.3, 0.4) is 0 Å². The van der Waals surface area contributed by atoms with Gasteiger partial charge in [0.1, 0.15) is 30.0 Å². The molecule has 0 bridgehead atoms. The van der Waals surface area contributed by atoms with E-state index in [9.17, 15) is 14.7 Å². The summed E-state index contributed by atoms with van der Waals surface area (Å²) in [4.78, 5) is 33.6. The summed E-state index contributed by atoms with van der Waals surface area (Å²) in [5.41, 5.74) is 4.85. The Morgan fingerprint density at radius 1 is 1.02 bits per heavy atom. The zero-order valence-electron chi connectivity index (χ0n) is 23.6. The number of Topliss-reactive ketones (excluding diaryl/α,β-unsaturated/α-hetero) is 1. The lowest BCUT2D eigenvalue weighted by Crippen LogP contribution is -2.29. The molecule has 0 spiro atoms. The first kappa shape index (κ1) is 26.9. The van der Waals surface area contributed by atoms with Crippen LogP contribution in [0.4, 0.5) is 5.13 Å². The summed E-state index contributed by atoms with van der Waals surface area (Å²) in [5.74, 6) is -0.403. The number of amides is 1. The summed E-state index contributed by atoms with van der Waals surface area (Å²) < 4.78 is 12.8. The number of rotatable bonds is 6. The SMILES string of the molecule is Cc1ccc2nc(N3C(=O)C(=O)/C(=C(/O)c4ccc5c(c4)C[C@@H](C)O5)[C@H]3c3cccc(OCc4ccccc4)c3)sc2c1. The van der Waals surface area contributed by atoms with E-state index in [4.69, 9.17) is 14.5 Å². The van der Waals surface area contributed by atoms with Crippen molar-refractivity contribution >= 4 is 44.1 Å². The van der Waals surface area contributed by atoms with Crippen LogP contribution in [0.1, 0.15) is 40.8 Å². The van der Waals surface area contributed by atoms with Gasteiger partial charge < -0.3 is 14.6 Å². The zero-order valence-corrected chi connectivity index (χ0v) is 24.4. The average Bonchev–Trinajstić information content (AvgIpc) is 3.68. The van der Waals surface area contributed by atoms with Gasteiger partial charge in [-0.1, -0.05) is 59.9 Å². The lowest BCUT2D eigenvalue weighted by molar-refractivity contribution is -0.132. The number of hydrogen-bond donors (Lipinski definition) is 1. The van der Waals surface area contributed by atoms with Crippen LogP contribution in [0.2, 0.25) is 0 Å². The van der Waals surface area contributed by atoms with Crippen molar-refractivity contribution in [2.24, 2.45) is 0 Å². The third-order valence-corrected chi connectivity index (χ3v) is 8.79. The average molecular weight is 589 g/mol. The molecule has 0 unspecified atom stereocenters. The quantitative estimate of drug-likeness (QED) is 0.129. The molecule has 43 heavy (non-hydrogen) atoms. The van der Waals surface area contributed by atoms with E-state index in [1.807, 2.05) is 92.7 Å². The van der Waals surface area contributed by atoms with Crippen LogP contribution in [-0.2, 0) is 22.6 Å². The monoisotopic (exact) mass is 588 g/mol. The van der Waals surface area contributed by atoms with E-state index in [0.29, 0.717) is 35.0 Å². The fourth-order valence-corrected chi connectivity index (χ4v) is 6.80. The Balaban J connectivity index is 1.35. The second-order valence-corrected chi connectivity index (χ2v) is 11.9. The van der Waals surface area contributed by atoms with Gasteiger partial charge in [-0.25, -0.2) is 4.98 Å². The number of ether oxygens (including phenoxy) is 2. The van der Waals surface area contributed by atoms with Crippen LogP contribution in [0.25, 0.3) is 16.0 Å². The van der Waals surface area contributed by atoms with Gasteiger partial charge in [0, 0.05) is 12.0 Å². The lowest BCUT2D eigenvalue weighted by Gasteiger charge is -2.23. The number of aliphatic hydroxyl groups is 1. The van der Waals surface area contributed by atoms with Gasteiger partial charge in [-0.15, -0.1) is 0 Å². The number of benzene rings is 4. The minimum atomic E-state index is -0.912. The molecule has 0 radical (unpaired) electrons. The summed E-state index contributed by atoms with van der Waals surface area (Å²) in [6.07, 6.45) is 0.722. The zero-order chi connectivity index (χ0) is 29.7. The van der Waals surface area contributed by atoms with Crippen molar-refractivity contribution in [3.8, 4) is 11.5 Å². The Hall–Kier alpha value is -4.95. The van der Waals surface area contributed by atoms with Crippen LogP contribution in [0.5, 0.6) is 11.5 Å². The molecule has 7 nitrogen and oxygen atoms in total. The molecular weight excluding hydrogens is 560 g/mol. The summed E-state index contributed by atoms with van der Waals surface area (Å²) in [7, 11) is 0. The second-order valence-electron chi connectivity index (χ2n) is 10.9. The van der Waals surface area contributed by atoms with Gasteiger partial charge in [-0.05, 0) is 78.6 Å². The first-order chi connectivity index (χ1) is 20.9. The fourth-order valence-electron chi connectivity index (χ4n) is 5.71. The maximum absolute atomic E-state index is 13.8. The summed E-state index contributed by atoms with van der Waals surface area (Å²) in [6, 6.07) is 27.4. The number of fused-ring (bicyclic) bond motifs is 2. The molecule has 1 saturated heterocycles. The lowest BCUT2D eigenvalue weighted by atomic mass is 9.94. The van der Waals surface area contributed by atoms with Gasteiger partial charge >= 0.3 is 5.91 Å². The fraction of sp³-hybridized carbons (Fsp3) is 0.171. The number of hydrogen-bond acceptors (Lipinski definition) is 7. The van der Waals surface area contributed by atoms with Crippen molar-refractivity contribution in [2.75, 3.05) is 4.90 Å². The van der Waals surface area contributed by atoms with Gasteiger partial charge in [0.2, 0.25) is 0 Å². The molecule has 7 rings (SSSR count). The Bertz CT molecular complexity index is 1930. The van der Waals surface area contributed by atoms with Crippen molar-refractivity contribution in [3.05, 3.63) is 124 Å². The molecule has 0 aliphatic carbocycles. The third kappa shape index (κ3) is 4.93. The molecule has 2 aliphatic heterocycles. The first-order valence-electron chi connectivity index (χ1n) is 14.1. The Kier molecular flexibility index (Phi) is 6.70. The Labute approximate surface area is 252 Å². The first-order valence-corrected chi connectivity index (χ1v) is 14.9. The highest BCUT2D eigenvalue weighted by Crippen LogP contribution is 2.45. The number of thiazole rings is 1. The maximum Gasteiger partial charge on any atom is 0.301 e. The van der Waals surface area contributed by atoms with E-state index in [1.165, 1.54) is 16.2 Å². The number of nitrogens with zero attached hydrogens (tertiary/aromatic N) is 2. The molecule has 8 heteroatoms. The van der Waals surface area contributed by atoms with Crippen LogP contribution in [-0.4, -0.2) is 27.9 Å². The smallest absolute Gasteiger partial charge is 0.301 e. The van der Waals surface area contributed by atoms with E-state index < -0.39 is 17.7 Å². The molecule has 5 aromatic rings. The van der Waals surface area contributed by atoms with Gasteiger partial charge in [0.25, 0.3) is 5.78 Å². The number of carbonyl (C=O) groups excluding carboxylic acids is 2. The van der Waals surface area contributed by atoms with Crippen molar-refractivity contribution < 1.29 is 24.2 Å². The molecule has 2 atom stereocenters. The summed E-state index contributed by atoms with van der Waals surface area (Å²) in [5, 5.41) is 12.1. The second kappa shape index (κ2) is 10.7. The molecule has 2 aliphatic rings. The molecular formula is C35H28N2O5S. The predicted molar refractivity (Wildman–Crippen MR) is 167 cm³/mol. The minimum Gasteiger partial charge on any atom is -0.507 e. The molecule has 1 fully saturated rings. The van der Waals surface area contributed by atoms with Crippen molar-refractivity contribution in [1.29, 1.82) is 0 Å². The molecule has 0 saturated carbocycles. The predicted octanol–water partition coefficient (Wildman–Crippen LogP) is 7.13. The molecule has 1 aromatic heterocycles. The maximum atomic E-state index is 13.8. The number of ketones is 1. The topological polar surface area (TPSA) is 89.0 Å². The van der Waals surface area contributed by atoms with Crippen molar-refractivity contribution in [3.63, 3.8) is 0 Å².